The van der Waals surface area contributed by atoms with E-state index in [9.17, 15) is 4.79 Å². The van der Waals surface area contributed by atoms with Crippen molar-refractivity contribution in [2.24, 2.45) is 5.73 Å². The highest BCUT2D eigenvalue weighted by molar-refractivity contribution is 5.72. The average molecular weight is 549 g/mol. The zero-order chi connectivity index (χ0) is 28.8. The standard InChI is InChI=1S/C20H24N2O2.C15H16N2/c1-20(2,3)24-19(23)21-16-13-15-9-7-8-12-18(15)22(14-16)17-10-5-4-6-11-17;16-13-10-12-6-4-5-9-15(12)17(11-13)14-7-2-1-3-8-14/h4-12,16H,13-14H2,1-3H3,(H,21,23);1-9,13H,10-11,16H2. The van der Waals surface area contributed by atoms with Crippen LogP contribution in [0.2, 0.25) is 0 Å². The number of para-hydroxylation sites is 4. The van der Waals surface area contributed by atoms with E-state index in [4.69, 9.17) is 10.5 Å². The Balaban J connectivity index is 0.000000174. The van der Waals surface area contributed by atoms with Crippen LogP contribution in [0.3, 0.4) is 0 Å². The van der Waals surface area contributed by atoms with Gasteiger partial charge >= 0.3 is 6.09 Å². The molecule has 0 saturated carbocycles. The van der Waals surface area contributed by atoms with Crippen LogP contribution in [0.5, 0.6) is 0 Å². The minimum absolute atomic E-state index is 0.00922. The predicted octanol–water partition coefficient (Wildman–Crippen LogP) is 6.98. The molecule has 6 nitrogen and oxygen atoms in total. The number of hydrogen-bond acceptors (Lipinski definition) is 5. The highest BCUT2D eigenvalue weighted by atomic mass is 16.6. The molecule has 3 N–H and O–H groups in total. The lowest BCUT2D eigenvalue weighted by Crippen LogP contribution is -2.48. The minimum Gasteiger partial charge on any atom is -0.444 e. The maximum Gasteiger partial charge on any atom is 0.407 e. The van der Waals surface area contributed by atoms with Crippen LogP contribution in [-0.2, 0) is 17.6 Å². The number of hydrogen-bond donors (Lipinski definition) is 2. The molecule has 41 heavy (non-hydrogen) atoms. The van der Waals surface area contributed by atoms with Crippen LogP contribution in [-0.4, -0.2) is 36.9 Å². The fourth-order valence-corrected chi connectivity index (χ4v) is 5.50. The molecular weight excluding hydrogens is 508 g/mol. The molecule has 2 unspecified atom stereocenters. The topological polar surface area (TPSA) is 70.8 Å². The van der Waals surface area contributed by atoms with Gasteiger partial charge in [-0.15, -0.1) is 0 Å². The molecule has 0 bridgehead atoms. The van der Waals surface area contributed by atoms with Crippen LogP contribution >= 0.6 is 0 Å². The number of alkyl carbamates (subject to hydrolysis) is 1. The molecule has 1 amide bonds. The van der Waals surface area contributed by atoms with Gasteiger partial charge in [-0.05, 0) is 81.1 Å². The van der Waals surface area contributed by atoms with E-state index in [1.807, 2.05) is 51.1 Å². The van der Waals surface area contributed by atoms with E-state index in [2.05, 4.69) is 94.0 Å². The van der Waals surface area contributed by atoms with Gasteiger partial charge in [0.1, 0.15) is 5.60 Å². The van der Waals surface area contributed by atoms with E-state index in [-0.39, 0.29) is 18.2 Å². The molecule has 0 fully saturated rings. The van der Waals surface area contributed by atoms with Crippen LogP contribution in [0.1, 0.15) is 31.9 Å². The molecule has 2 aliphatic heterocycles. The summed E-state index contributed by atoms with van der Waals surface area (Å²) < 4.78 is 5.40. The van der Waals surface area contributed by atoms with Gasteiger partial charge in [0.25, 0.3) is 0 Å². The third-order valence-electron chi connectivity index (χ3n) is 7.19. The third kappa shape index (κ3) is 7.27. The summed E-state index contributed by atoms with van der Waals surface area (Å²) in [5.74, 6) is 0. The molecule has 2 aliphatic rings. The number of carbonyl (C=O) groups excluding carboxylic acids is 1. The SMILES string of the molecule is CC(C)(C)OC(=O)NC1Cc2ccccc2N(c2ccccc2)C1.NC1Cc2ccccc2N(c2ccccc2)C1. The Hall–Kier alpha value is -4.29. The van der Waals surface area contributed by atoms with E-state index in [1.165, 1.54) is 28.2 Å². The second kappa shape index (κ2) is 12.5. The maximum absolute atomic E-state index is 12.1. The monoisotopic (exact) mass is 548 g/mol. The van der Waals surface area contributed by atoms with Crippen molar-refractivity contribution in [2.75, 3.05) is 22.9 Å². The first-order valence-corrected chi connectivity index (χ1v) is 14.3. The van der Waals surface area contributed by atoms with Gasteiger partial charge in [0.2, 0.25) is 0 Å². The number of nitrogens with two attached hydrogens (primary N) is 1. The first kappa shape index (κ1) is 28.2. The fourth-order valence-electron chi connectivity index (χ4n) is 5.50. The van der Waals surface area contributed by atoms with Crippen molar-refractivity contribution in [2.45, 2.75) is 51.3 Å². The lowest BCUT2D eigenvalue weighted by molar-refractivity contribution is 0.0505. The normalized spacial score (nSPS) is 17.9. The summed E-state index contributed by atoms with van der Waals surface area (Å²) in [6.07, 6.45) is 1.41. The Bertz CT molecular complexity index is 1440. The number of anilines is 4. The molecular formula is C35H40N4O2. The van der Waals surface area contributed by atoms with Crippen molar-refractivity contribution in [3.05, 3.63) is 120 Å². The lowest BCUT2D eigenvalue weighted by atomic mass is 9.97. The quantitative estimate of drug-likeness (QED) is 0.289. The summed E-state index contributed by atoms with van der Waals surface area (Å²) in [4.78, 5) is 16.7. The summed E-state index contributed by atoms with van der Waals surface area (Å²) in [6, 6.07) is 37.8. The molecule has 4 aromatic rings. The Labute approximate surface area is 243 Å². The third-order valence-corrected chi connectivity index (χ3v) is 7.19. The molecule has 0 aliphatic carbocycles. The second-order valence-electron chi connectivity index (χ2n) is 11.7. The van der Waals surface area contributed by atoms with E-state index in [1.54, 1.807) is 0 Å². The van der Waals surface area contributed by atoms with Crippen LogP contribution in [0.25, 0.3) is 0 Å². The lowest BCUT2D eigenvalue weighted by Gasteiger charge is -2.36. The van der Waals surface area contributed by atoms with Gasteiger partial charge in [-0.2, -0.15) is 0 Å². The highest BCUT2D eigenvalue weighted by Crippen LogP contribution is 2.34. The Morgan fingerprint density at radius 1 is 0.707 bits per heavy atom. The molecule has 2 atom stereocenters. The molecule has 0 spiro atoms. The van der Waals surface area contributed by atoms with Gasteiger partial charge in [0.05, 0.1) is 6.04 Å². The van der Waals surface area contributed by atoms with E-state index in [0.29, 0.717) is 0 Å². The zero-order valence-electron chi connectivity index (χ0n) is 24.2. The summed E-state index contributed by atoms with van der Waals surface area (Å²) in [7, 11) is 0. The number of nitrogens with zero attached hydrogens (tertiary/aromatic N) is 2. The van der Waals surface area contributed by atoms with Crippen LogP contribution in [0, 0.1) is 0 Å². The van der Waals surface area contributed by atoms with Crippen molar-refractivity contribution in [3.63, 3.8) is 0 Å². The molecule has 0 radical (unpaired) electrons. The minimum atomic E-state index is -0.490. The van der Waals surface area contributed by atoms with Crippen molar-refractivity contribution in [1.29, 1.82) is 0 Å². The molecule has 4 aromatic carbocycles. The Kier molecular flexibility index (Phi) is 8.60. The van der Waals surface area contributed by atoms with Crippen LogP contribution in [0.15, 0.2) is 109 Å². The van der Waals surface area contributed by atoms with E-state index in [0.717, 1.165) is 31.6 Å². The fraction of sp³-hybridized carbons (Fsp3) is 0.286. The average Bonchev–Trinajstić information content (AvgIpc) is 2.96. The molecule has 212 valence electrons. The van der Waals surface area contributed by atoms with Gasteiger partial charge in [-0.1, -0.05) is 72.8 Å². The van der Waals surface area contributed by atoms with Crippen molar-refractivity contribution < 1.29 is 9.53 Å². The molecule has 0 aromatic heterocycles. The molecule has 0 saturated heterocycles. The number of carbonyl (C=O) groups is 1. The Morgan fingerprint density at radius 2 is 1.17 bits per heavy atom. The van der Waals surface area contributed by atoms with Gasteiger partial charge < -0.3 is 25.6 Å². The smallest absolute Gasteiger partial charge is 0.407 e. The summed E-state index contributed by atoms with van der Waals surface area (Å²) in [6.45, 7) is 7.23. The van der Waals surface area contributed by atoms with Crippen molar-refractivity contribution in [3.8, 4) is 0 Å². The van der Waals surface area contributed by atoms with Crippen LogP contribution < -0.4 is 20.9 Å². The molecule has 6 heteroatoms. The number of amides is 1. The molecule has 2 heterocycles. The Morgan fingerprint density at radius 3 is 1.71 bits per heavy atom. The highest BCUT2D eigenvalue weighted by Gasteiger charge is 2.28. The summed E-state index contributed by atoms with van der Waals surface area (Å²) in [5, 5.41) is 3.01. The summed E-state index contributed by atoms with van der Waals surface area (Å²) >= 11 is 0. The van der Waals surface area contributed by atoms with E-state index < -0.39 is 5.60 Å². The van der Waals surface area contributed by atoms with Gasteiger partial charge in [0, 0.05) is 41.9 Å². The number of rotatable bonds is 3. The predicted molar refractivity (Wildman–Crippen MR) is 168 cm³/mol. The first-order valence-electron chi connectivity index (χ1n) is 14.3. The van der Waals surface area contributed by atoms with Gasteiger partial charge in [-0.3, -0.25) is 0 Å². The maximum atomic E-state index is 12.1. The van der Waals surface area contributed by atoms with Crippen LogP contribution in [0.4, 0.5) is 27.5 Å². The summed E-state index contributed by atoms with van der Waals surface area (Å²) in [5.41, 5.74) is 13.1. The number of nitrogens with one attached hydrogen (secondary N) is 1. The van der Waals surface area contributed by atoms with Gasteiger partial charge in [-0.25, -0.2) is 4.79 Å². The van der Waals surface area contributed by atoms with E-state index >= 15 is 0 Å². The molecule has 6 rings (SSSR count). The van der Waals surface area contributed by atoms with Crippen molar-refractivity contribution >= 4 is 28.8 Å². The second-order valence-corrected chi connectivity index (χ2v) is 11.7. The first-order chi connectivity index (χ1) is 19.8. The number of fused-ring (bicyclic) bond motifs is 2. The zero-order valence-corrected chi connectivity index (χ0v) is 24.2. The van der Waals surface area contributed by atoms with Gasteiger partial charge in [0.15, 0.2) is 0 Å². The van der Waals surface area contributed by atoms with Crippen molar-refractivity contribution in [1.82, 2.24) is 5.32 Å². The number of benzene rings is 4. The number of ether oxygens (including phenoxy) is 1. The largest absolute Gasteiger partial charge is 0.444 e.